The number of aromatic nitrogens is 3. The van der Waals surface area contributed by atoms with Gasteiger partial charge in [-0.25, -0.2) is 19.5 Å². The Morgan fingerprint density at radius 1 is 1.34 bits per heavy atom. The summed E-state index contributed by atoms with van der Waals surface area (Å²) in [6.45, 7) is 9.04. The molecule has 3 aromatic rings. The number of nitrogens with zero attached hydrogens (tertiary/aromatic N) is 6. The molecule has 1 aliphatic rings. The third-order valence-electron chi connectivity index (χ3n) is 5.05. The van der Waals surface area contributed by atoms with Crippen LogP contribution in [-0.4, -0.2) is 43.8 Å². The molecule has 6 nitrogen and oxygen atoms in total. The smallest absolute Gasteiger partial charge is 0.179 e. The van der Waals surface area contributed by atoms with Gasteiger partial charge in [-0.3, -0.25) is 0 Å². The van der Waals surface area contributed by atoms with E-state index in [1.807, 2.05) is 43.5 Å². The fraction of sp³-hybridized carbons (Fsp3) is 0.273. The van der Waals surface area contributed by atoms with E-state index in [9.17, 15) is 0 Å². The Bertz CT molecular complexity index is 1110. The predicted molar refractivity (Wildman–Crippen MR) is 119 cm³/mol. The van der Waals surface area contributed by atoms with Crippen LogP contribution in [-0.2, 0) is 0 Å². The van der Waals surface area contributed by atoms with E-state index < -0.39 is 0 Å². The van der Waals surface area contributed by atoms with Gasteiger partial charge in [-0.1, -0.05) is 30.3 Å². The Labute approximate surface area is 175 Å². The number of likely N-dealkylation sites (tertiary alicyclic amines) is 1. The van der Waals surface area contributed by atoms with Crippen molar-refractivity contribution in [2.24, 2.45) is 9.98 Å². The topological polar surface area (TPSA) is 58.1 Å². The number of imidazole rings is 1. The van der Waals surface area contributed by atoms with Crippen LogP contribution in [0.4, 0.5) is 5.69 Å². The molecule has 1 saturated heterocycles. The van der Waals surface area contributed by atoms with Crippen molar-refractivity contribution in [3.63, 3.8) is 0 Å². The maximum Gasteiger partial charge on any atom is 0.179 e. The van der Waals surface area contributed by atoms with Crippen LogP contribution in [0.25, 0.3) is 16.9 Å². The quantitative estimate of drug-likeness (QED) is 0.445. The Balaban J connectivity index is 1.75. The molecule has 2 aromatic heterocycles. The van der Waals surface area contributed by atoms with Crippen LogP contribution in [0.15, 0.2) is 65.4 Å². The first-order chi connectivity index (χ1) is 14.0. The van der Waals surface area contributed by atoms with E-state index in [4.69, 9.17) is 21.6 Å². The summed E-state index contributed by atoms with van der Waals surface area (Å²) in [4.78, 5) is 16.2. The van der Waals surface area contributed by atoms with E-state index in [-0.39, 0.29) is 0 Å². The lowest BCUT2D eigenvalue weighted by Gasteiger charge is -2.23. The highest BCUT2D eigenvalue weighted by molar-refractivity contribution is 6.30. The zero-order valence-electron chi connectivity index (χ0n) is 16.6. The maximum absolute atomic E-state index is 6.16. The molecule has 7 heteroatoms. The van der Waals surface area contributed by atoms with Crippen LogP contribution >= 0.6 is 11.6 Å². The fourth-order valence-corrected chi connectivity index (χ4v) is 3.83. The molecule has 0 bridgehead atoms. The van der Waals surface area contributed by atoms with E-state index in [1.54, 1.807) is 16.8 Å². The molecule has 148 valence electrons. The highest BCUT2D eigenvalue weighted by Crippen LogP contribution is 2.27. The fourth-order valence-electron chi connectivity index (χ4n) is 3.64. The molecule has 0 aliphatic carbocycles. The molecule has 1 atom stereocenters. The molecular weight excluding hydrogens is 384 g/mol. The zero-order valence-corrected chi connectivity index (χ0v) is 17.3. The second kappa shape index (κ2) is 8.17. The second-order valence-electron chi connectivity index (χ2n) is 7.14. The van der Waals surface area contributed by atoms with Gasteiger partial charge in [0, 0.05) is 35.6 Å². The number of halogens is 1. The Morgan fingerprint density at radius 2 is 2.21 bits per heavy atom. The van der Waals surface area contributed by atoms with Gasteiger partial charge in [0.1, 0.15) is 17.4 Å². The van der Waals surface area contributed by atoms with Crippen molar-refractivity contribution in [1.29, 1.82) is 0 Å². The summed E-state index contributed by atoms with van der Waals surface area (Å²) in [7, 11) is 0. The van der Waals surface area contributed by atoms with Crippen molar-refractivity contribution in [3.8, 4) is 11.3 Å². The maximum atomic E-state index is 6.16. The monoisotopic (exact) mass is 406 g/mol. The van der Waals surface area contributed by atoms with E-state index >= 15 is 0 Å². The molecule has 29 heavy (non-hydrogen) atoms. The van der Waals surface area contributed by atoms with Crippen molar-refractivity contribution < 1.29 is 0 Å². The van der Waals surface area contributed by atoms with Gasteiger partial charge >= 0.3 is 0 Å². The molecular formula is C22H23ClN6. The molecule has 1 unspecified atom stereocenters. The third-order valence-corrected chi connectivity index (χ3v) is 5.28. The van der Waals surface area contributed by atoms with Gasteiger partial charge in [0.15, 0.2) is 5.65 Å². The molecule has 0 saturated carbocycles. The number of benzene rings is 1. The lowest BCUT2D eigenvalue weighted by Crippen LogP contribution is -2.32. The summed E-state index contributed by atoms with van der Waals surface area (Å²) < 4.78 is 1.73. The summed E-state index contributed by atoms with van der Waals surface area (Å²) >= 11 is 6.16. The molecule has 1 aromatic carbocycles. The number of fused-ring (bicyclic) bond motifs is 1. The number of amidine groups is 2. The van der Waals surface area contributed by atoms with Crippen LogP contribution in [0.3, 0.4) is 0 Å². The molecule has 1 aliphatic heterocycles. The highest BCUT2D eigenvalue weighted by atomic mass is 35.5. The van der Waals surface area contributed by atoms with Gasteiger partial charge in [0.25, 0.3) is 0 Å². The first kappa shape index (κ1) is 19.3. The summed E-state index contributed by atoms with van der Waals surface area (Å²) in [6.07, 6.45) is 7.66. The third kappa shape index (κ3) is 4.07. The van der Waals surface area contributed by atoms with Crippen molar-refractivity contribution >= 4 is 34.6 Å². The van der Waals surface area contributed by atoms with Crippen molar-refractivity contribution in [2.75, 3.05) is 6.54 Å². The van der Waals surface area contributed by atoms with Gasteiger partial charge in [-0.15, -0.1) is 0 Å². The predicted octanol–water partition coefficient (Wildman–Crippen LogP) is 5.17. The molecule has 0 radical (unpaired) electrons. The van der Waals surface area contributed by atoms with Gasteiger partial charge < -0.3 is 4.90 Å². The molecule has 0 N–H and O–H groups in total. The minimum absolute atomic E-state index is 0.467. The Kier molecular flexibility index (Phi) is 5.45. The average Bonchev–Trinajstić information content (AvgIpc) is 3.35. The molecule has 0 amide bonds. The first-order valence-corrected chi connectivity index (χ1v) is 10.1. The van der Waals surface area contributed by atoms with Crippen molar-refractivity contribution in [2.45, 2.75) is 32.7 Å². The first-order valence-electron chi connectivity index (χ1n) is 9.68. The molecule has 1 fully saturated rings. The second-order valence-corrected chi connectivity index (χ2v) is 7.57. The summed E-state index contributed by atoms with van der Waals surface area (Å²) in [5.74, 6) is 1.51. The molecule has 3 heterocycles. The number of aliphatic imine (C=N–C) groups is 2. The van der Waals surface area contributed by atoms with Crippen molar-refractivity contribution in [3.05, 3.63) is 60.4 Å². The van der Waals surface area contributed by atoms with Gasteiger partial charge in [0.2, 0.25) is 0 Å². The number of hydrogen-bond donors (Lipinski definition) is 0. The standard InChI is InChI=1S/C22H23ClN6/c1-4-21(28-11-6-7-15(28)2)26-16(3)25-20-14-19(17-8-5-9-18(23)13-17)27-29-12-10-24-22(20)29/h4-5,8-10,12-15H,1,6-7,11H2,2-3H3. The minimum Gasteiger partial charge on any atom is -0.354 e. The van der Waals surface area contributed by atoms with Crippen molar-refractivity contribution in [1.82, 2.24) is 19.5 Å². The van der Waals surface area contributed by atoms with Gasteiger partial charge in [0.05, 0.1) is 5.69 Å². The number of hydrogen-bond acceptors (Lipinski definition) is 3. The number of rotatable bonds is 3. The largest absolute Gasteiger partial charge is 0.354 e. The van der Waals surface area contributed by atoms with Crippen LogP contribution in [0.5, 0.6) is 0 Å². The SMILES string of the molecule is C=CC(=NC(C)=Nc1cc(-c2cccc(Cl)c2)nn2ccnc12)N1CCCC1C. The van der Waals surface area contributed by atoms with Crippen LogP contribution in [0.1, 0.15) is 26.7 Å². The van der Waals surface area contributed by atoms with Gasteiger partial charge in [-0.2, -0.15) is 5.10 Å². The molecule has 4 rings (SSSR count). The van der Waals surface area contributed by atoms with E-state index in [0.29, 0.717) is 28.2 Å². The molecule has 0 spiro atoms. The minimum atomic E-state index is 0.467. The summed E-state index contributed by atoms with van der Waals surface area (Å²) in [6, 6.07) is 9.99. The summed E-state index contributed by atoms with van der Waals surface area (Å²) in [5, 5.41) is 5.29. The Hall–Kier alpha value is -2.99. The lowest BCUT2D eigenvalue weighted by atomic mass is 10.1. The van der Waals surface area contributed by atoms with E-state index in [2.05, 4.69) is 28.5 Å². The van der Waals surface area contributed by atoms with Crippen LogP contribution < -0.4 is 0 Å². The summed E-state index contributed by atoms with van der Waals surface area (Å²) in [5.41, 5.74) is 3.08. The normalized spacial score (nSPS) is 17.9. The van der Waals surface area contributed by atoms with Crippen LogP contribution in [0, 0.1) is 0 Å². The lowest BCUT2D eigenvalue weighted by molar-refractivity contribution is 0.417. The van der Waals surface area contributed by atoms with Gasteiger partial charge in [-0.05, 0) is 51.0 Å². The zero-order chi connectivity index (χ0) is 20.4. The van der Waals surface area contributed by atoms with E-state index in [0.717, 1.165) is 23.6 Å². The Morgan fingerprint density at radius 3 is 2.93 bits per heavy atom. The highest BCUT2D eigenvalue weighted by Gasteiger charge is 2.22. The van der Waals surface area contributed by atoms with E-state index in [1.165, 1.54) is 12.8 Å². The average molecular weight is 407 g/mol. The van der Waals surface area contributed by atoms with Crippen LogP contribution in [0.2, 0.25) is 5.02 Å².